The first-order valence-corrected chi connectivity index (χ1v) is 14.1. The van der Waals surface area contributed by atoms with Crippen LogP contribution in [0.4, 0.5) is 16.4 Å². The minimum absolute atomic E-state index is 0.0226. The Morgan fingerprint density at radius 3 is 2.23 bits per heavy atom. The zero-order chi connectivity index (χ0) is 29.2. The number of fused-ring (bicyclic) bond motifs is 1. The Hall–Kier alpha value is -3.40. The topological polar surface area (TPSA) is 120 Å². The summed E-state index contributed by atoms with van der Waals surface area (Å²) >= 11 is 3.58. The lowest BCUT2D eigenvalue weighted by Gasteiger charge is -2.33. The molecule has 1 fully saturated rings. The van der Waals surface area contributed by atoms with Gasteiger partial charge in [0.05, 0.1) is 9.99 Å². The Morgan fingerprint density at radius 1 is 1.05 bits per heavy atom. The van der Waals surface area contributed by atoms with Gasteiger partial charge in [0.2, 0.25) is 11.9 Å². The number of amides is 2. The van der Waals surface area contributed by atoms with Crippen molar-refractivity contribution in [2.45, 2.75) is 73.0 Å². The number of piperidine rings is 1. The standard InChI is InChI=1S/C25H28BrN5O4.2C2H6/c1-25(2,3)35-24(33)31-10-8-18(9-11-31)34-21-13-20-16(12-19(21)26)14-28-23(30-20)29-17-6-4-15(5-7-17)22(27)32;2*1-2/h4-7,12-14,18H,8-11H2,1-3H3,(H2,27,32)(H,28,29,30);2*1-2H3. The first-order chi connectivity index (χ1) is 18.6. The van der Waals surface area contributed by atoms with Crippen LogP contribution in [0.2, 0.25) is 0 Å². The lowest BCUT2D eigenvalue weighted by Crippen LogP contribution is -2.44. The average Bonchev–Trinajstić information content (AvgIpc) is 2.91. The molecular formula is C29H40BrN5O4. The minimum Gasteiger partial charge on any atom is -0.489 e. The van der Waals surface area contributed by atoms with Crippen LogP contribution in [0.5, 0.6) is 5.75 Å². The lowest BCUT2D eigenvalue weighted by molar-refractivity contribution is 0.0126. The first kappa shape index (κ1) is 31.8. The molecule has 0 spiro atoms. The number of benzene rings is 2. The molecule has 0 unspecified atom stereocenters. The highest BCUT2D eigenvalue weighted by molar-refractivity contribution is 9.10. The second kappa shape index (κ2) is 14.7. The molecule has 10 heteroatoms. The van der Waals surface area contributed by atoms with Crippen molar-refractivity contribution in [3.63, 3.8) is 0 Å². The van der Waals surface area contributed by atoms with Crippen LogP contribution >= 0.6 is 15.9 Å². The van der Waals surface area contributed by atoms with E-state index >= 15 is 0 Å². The molecule has 9 nitrogen and oxygen atoms in total. The van der Waals surface area contributed by atoms with E-state index in [-0.39, 0.29) is 12.2 Å². The SMILES string of the molecule is CC.CC.CC(C)(C)OC(=O)N1CCC(Oc2cc3nc(Nc4ccc(C(N)=O)cc4)ncc3cc2Br)CC1. The number of hydrogen-bond donors (Lipinski definition) is 2. The van der Waals surface area contributed by atoms with Gasteiger partial charge < -0.3 is 25.4 Å². The van der Waals surface area contributed by atoms with Gasteiger partial charge in [-0.3, -0.25) is 4.79 Å². The van der Waals surface area contributed by atoms with Crippen LogP contribution in [0, 0.1) is 0 Å². The number of rotatable bonds is 5. The van der Waals surface area contributed by atoms with Crippen molar-refractivity contribution in [1.29, 1.82) is 0 Å². The number of nitrogens with one attached hydrogen (secondary N) is 1. The quantitative estimate of drug-likeness (QED) is 0.321. The maximum atomic E-state index is 12.3. The summed E-state index contributed by atoms with van der Waals surface area (Å²) in [7, 11) is 0. The summed E-state index contributed by atoms with van der Waals surface area (Å²) in [4.78, 5) is 34.3. The third-order valence-corrected chi connectivity index (χ3v) is 6.07. The van der Waals surface area contributed by atoms with Crippen LogP contribution in [0.1, 0.15) is 71.7 Å². The number of carbonyl (C=O) groups excluding carboxylic acids is 2. The van der Waals surface area contributed by atoms with Gasteiger partial charge >= 0.3 is 6.09 Å². The highest BCUT2D eigenvalue weighted by Crippen LogP contribution is 2.32. The van der Waals surface area contributed by atoms with Crippen LogP contribution in [0.25, 0.3) is 10.9 Å². The fourth-order valence-corrected chi connectivity index (χ4v) is 4.15. The Bertz CT molecular complexity index is 1240. The van der Waals surface area contributed by atoms with E-state index in [1.54, 1.807) is 35.4 Å². The predicted octanol–water partition coefficient (Wildman–Crippen LogP) is 7.07. The van der Waals surface area contributed by atoms with Gasteiger partial charge in [-0.05, 0) is 67.0 Å². The van der Waals surface area contributed by atoms with Crippen molar-refractivity contribution in [2.24, 2.45) is 5.73 Å². The van der Waals surface area contributed by atoms with Crippen molar-refractivity contribution in [3.05, 3.63) is 52.6 Å². The Kier molecular flexibility index (Phi) is 12.0. The van der Waals surface area contributed by atoms with E-state index in [1.165, 1.54) is 0 Å². The molecule has 1 aliphatic rings. The minimum atomic E-state index is -0.511. The number of nitrogens with zero attached hydrogens (tertiary/aromatic N) is 3. The van der Waals surface area contributed by atoms with E-state index in [1.807, 2.05) is 60.6 Å². The molecule has 0 radical (unpaired) electrons. The number of halogens is 1. The highest BCUT2D eigenvalue weighted by Gasteiger charge is 2.28. The van der Waals surface area contributed by atoms with Crippen LogP contribution in [-0.4, -0.2) is 51.7 Å². The molecule has 0 saturated carbocycles. The fourth-order valence-electron chi connectivity index (χ4n) is 3.69. The van der Waals surface area contributed by atoms with E-state index in [2.05, 4.69) is 31.2 Å². The van der Waals surface area contributed by atoms with Gasteiger partial charge in [0.25, 0.3) is 0 Å². The molecule has 2 heterocycles. The third kappa shape index (κ3) is 9.38. The van der Waals surface area contributed by atoms with Crippen molar-refractivity contribution < 1.29 is 19.1 Å². The Labute approximate surface area is 239 Å². The number of ether oxygens (including phenoxy) is 2. The first-order valence-electron chi connectivity index (χ1n) is 13.4. The number of likely N-dealkylation sites (tertiary alicyclic amines) is 1. The summed E-state index contributed by atoms with van der Waals surface area (Å²) in [5.41, 5.74) is 6.67. The number of aromatic nitrogens is 2. The largest absolute Gasteiger partial charge is 0.489 e. The van der Waals surface area contributed by atoms with E-state index in [0.29, 0.717) is 43.2 Å². The molecule has 3 aromatic rings. The lowest BCUT2D eigenvalue weighted by atomic mass is 10.1. The smallest absolute Gasteiger partial charge is 0.410 e. The van der Waals surface area contributed by atoms with Crippen LogP contribution in [0.15, 0.2) is 47.1 Å². The number of anilines is 2. The monoisotopic (exact) mass is 601 g/mol. The predicted molar refractivity (Wildman–Crippen MR) is 160 cm³/mol. The van der Waals surface area contributed by atoms with Gasteiger partial charge in [-0.2, -0.15) is 0 Å². The maximum absolute atomic E-state index is 12.3. The molecular weight excluding hydrogens is 562 g/mol. The number of hydrogen-bond acceptors (Lipinski definition) is 7. The third-order valence-electron chi connectivity index (χ3n) is 5.45. The fraction of sp³-hybridized carbons (Fsp3) is 0.448. The normalized spacial score (nSPS) is 13.4. The summed E-state index contributed by atoms with van der Waals surface area (Å²) in [5.74, 6) is 0.624. The van der Waals surface area contributed by atoms with E-state index in [4.69, 9.17) is 15.2 Å². The molecule has 3 N–H and O–H groups in total. The Balaban J connectivity index is 0.00000127. The van der Waals surface area contributed by atoms with Crippen LogP contribution < -0.4 is 15.8 Å². The molecule has 1 aliphatic heterocycles. The van der Waals surface area contributed by atoms with Gasteiger partial charge in [-0.1, -0.05) is 27.7 Å². The molecule has 0 aliphatic carbocycles. The second-order valence-electron chi connectivity index (χ2n) is 9.39. The molecule has 1 saturated heterocycles. The van der Waals surface area contributed by atoms with Crippen molar-refractivity contribution in [1.82, 2.24) is 14.9 Å². The van der Waals surface area contributed by atoms with E-state index < -0.39 is 11.5 Å². The van der Waals surface area contributed by atoms with Gasteiger partial charge in [0.15, 0.2) is 0 Å². The zero-order valence-electron chi connectivity index (χ0n) is 23.9. The van der Waals surface area contributed by atoms with Crippen molar-refractivity contribution >= 4 is 50.5 Å². The zero-order valence-corrected chi connectivity index (χ0v) is 25.5. The summed E-state index contributed by atoms with van der Waals surface area (Å²) in [6.45, 7) is 14.7. The molecule has 1 aromatic heterocycles. The number of carbonyl (C=O) groups is 2. The summed E-state index contributed by atoms with van der Waals surface area (Å²) in [6, 6.07) is 10.6. The van der Waals surface area contributed by atoms with E-state index in [0.717, 1.165) is 21.1 Å². The Morgan fingerprint density at radius 2 is 1.67 bits per heavy atom. The van der Waals surface area contributed by atoms with Crippen molar-refractivity contribution in [2.75, 3.05) is 18.4 Å². The molecule has 4 rings (SSSR count). The van der Waals surface area contributed by atoms with Crippen molar-refractivity contribution in [3.8, 4) is 5.75 Å². The van der Waals surface area contributed by atoms with Crippen LogP contribution in [-0.2, 0) is 4.74 Å². The summed E-state index contributed by atoms with van der Waals surface area (Å²) in [6.07, 6.45) is 2.84. The molecule has 0 atom stereocenters. The molecule has 39 heavy (non-hydrogen) atoms. The molecule has 2 aromatic carbocycles. The van der Waals surface area contributed by atoms with Crippen LogP contribution in [0.3, 0.4) is 0 Å². The van der Waals surface area contributed by atoms with E-state index in [9.17, 15) is 9.59 Å². The highest BCUT2D eigenvalue weighted by atomic mass is 79.9. The number of primary amides is 1. The second-order valence-corrected chi connectivity index (χ2v) is 10.2. The summed E-state index contributed by atoms with van der Waals surface area (Å²) < 4.78 is 12.5. The maximum Gasteiger partial charge on any atom is 0.410 e. The van der Waals surface area contributed by atoms with Gasteiger partial charge in [0, 0.05) is 54.8 Å². The van der Waals surface area contributed by atoms with Gasteiger partial charge in [-0.15, -0.1) is 0 Å². The molecule has 2 amide bonds. The van der Waals surface area contributed by atoms with Gasteiger partial charge in [0.1, 0.15) is 17.5 Å². The molecule has 0 bridgehead atoms. The van der Waals surface area contributed by atoms with Gasteiger partial charge in [-0.25, -0.2) is 14.8 Å². The number of nitrogens with two attached hydrogens (primary N) is 1. The summed E-state index contributed by atoms with van der Waals surface area (Å²) in [5, 5.41) is 3.99. The molecule has 212 valence electrons. The average molecular weight is 603 g/mol.